The van der Waals surface area contributed by atoms with Gasteiger partial charge in [-0.25, -0.2) is 4.79 Å². The number of esters is 1. The highest BCUT2D eigenvalue weighted by molar-refractivity contribution is 7.80. The first-order valence-electron chi connectivity index (χ1n) is 9.35. The van der Waals surface area contributed by atoms with E-state index in [1.54, 1.807) is 11.8 Å². The number of nitrogens with one attached hydrogen (secondary N) is 2. The van der Waals surface area contributed by atoms with Gasteiger partial charge in [0.05, 0.1) is 18.2 Å². The molecule has 1 aliphatic rings. The molecule has 1 amide bonds. The Labute approximate surface area is 172 Å². The zero-order valence-corrected chi connectivity index (χ0v) is 18.2. The van der Waals surface area contributed by atoms with Gasteiger partial charge in [0, 0.05) is 24.9 Å². The molecular weight excluding hydrogens is 374 g/mol. The highest BCUT2D eigenvalue weighted by Gasteiger charge is 2.33. The average Bonchev–Trinajstić information content (AvgIpc) is 2.58. The molecule has 28 heavy (non-hydrogen) atoms. The number of ether oxygens (including phenoxy) is 1. The zero-order valence-electron chi connectivity index (χ0n) is 17.4. The van der Waals surface area contributed by atoms with E-state index in [4.69, 9.17) is 17.0 Å². The second kappa shape index (κ2) is 8.73. The van der Waals surface area contributed by atoms with Crippen molar-refractivity contribution in [3.8, 4) is 0 Å². The predicted molar refractivity (Wildman–Crippen MR) is 115 cm³/mol. The molecule has 1 aromatic rings. The van der Waals surface area contributed by atoms with Crippen LogP contribution in [0.15, 0.2) is 35.5 Å². The van der Waals surface area contributed by atoms with Gasteiger partial charge in [0.15, 0.2) is 5.11 Å². The number of nitrogens with zero attached hydrogens (tertiary/aromatic N) is 1. The Kier molecular flexibility index (Phi) is 6.82. The fourth-order valence-electron chi connectivity index (χ4n) is 3.04. The summed E-state index contributed by atoms with van der Waals surface area (Å²) in [5.41, 5.74) is 2.66. The molecule has 0 fully saturated rings. The van der Waals surface area contributed by atoms with Crippen molar-refractivity contribution >= 4 is 34.9 Å². The molecule has 0 spiro atoms. The van der Waals surface area contributed by atoms with Gasteiger partial charge in [0.2, 0.25) is 5.91 Å². The SMILES string of the molecule is CCOC(=O)C1=C(C)N(C)C(=S)NC1c1cccc(NC(=O)CC(C)(C)C)c1. The Balaban J connectivity index is 2.35. The molecule has 0 saturated heterocycles. The number of anilines is 1. The van der Waals surface area contributed by atoms with Crippen molar-refractivity contribution in [3.63, 3.8) is 0 Å². The molecule has 0 aliphatic carbocycles. The molecule has 1 unspecified atom stereocenters. The van der Waals surface area contributed by atoms with E-state index in [-0.39, 0.29) is 17.3 Å². The third-order valence-corrected chi connectivity index (χ3v) is 4.84. The summed E-state index contributed by atoms with van der Waals surface area (Å²) in [6.45, 7) is 9.97. The maximum Gasteiger partial charge on any atom is 0.338 e. The van der Waals surface area contributed by atoms with E-state index >= 15 is 0 Å². The highest BCUT2D eigenvalue weighted by Crippen LogP contribution is 2.32. The number of amides is 1. The molecule has 2 N–H and O–H groups in total. The van der Waals surface area contributed by atoms with Crippen LogP contribution >= 0.6 is 12.2 Å². The maximum atomic E-state index is 12.6. The third-order valence-electron chi connectivity index (χ3n) is 4.44. The van der Waals surface area contributed by atoms with Gasteiger partial charge in [-0.15, -0.1) is 0 Å². The first kappa shape index (κ1) is 21.9. The molecule has 152 valence electrons. The van der Waals surface area contributed by atoms with E-state index in [1.165, 1.54) is 0 Å². The van der Waals surface area contributed by atoms with Crippen molar-refractivity contribution < 1.29 is 14.3 Å². The molecule has 1 heterocycles. The van der Waals surface area contributed by atoms with Gasteiger partial charge < -0.3 is 20.3 Å². The summed E-state index contributed by atoms with van der Waals surface area (Å²) in [6, 6.07) is 7.00. The van der Waals surface area contributed by atoms with Gasteiger partial charge in [-0.2, -0.15) is 0 Å². The number of thiocarbonyl (C=S) groups is 1. The van der Waals surface area contributed by atoms with Gasteiger partial charge in [0.25, 0.3) is 0 Å². The van der Waals surface area contributed by atoms with Crippen LogP contribution in [0.4, 0.5) is 5.69 Å². The molecule has 0 radical (unpaired) electrons. The van der Waals surface area contributed by atoms with Crippen LogP contribution in [0.3, 0.4) is 0 Å². The Morgan fingerprint density at radius 2 is 2.00 bits per heavy atom. The fourth-order valence-corrected chi connectivity index (χ4v) is 3.30. The van der Waals surface area contributed by atoms with Gasteiger partial charge in [-0.3, -0.25) is 4.79 Å². The van der Waals surface area contributed by atoms with Crippen LogP contribution < -0.4 is 10.6 Å². The Bertz CT molecular complexity index is 811. The number of hydrogen-bond donors (Lipinski definition) is 2. The topological polar surface area (TPSA) is 70.7 Å². The average molecular weight is 404 g/mol. The van der Waals surface area contributed by atoms with Crippen LogP contribution in [0, 0.1) is 5.41 Å². The lowest BCUT2D eigenvalue weighted by atomic mass is 9.92. The van der Waals surface area contributed by atoms with E-state index in [2.05, 4.69) is 10.6 Å². The number of rotatable bonds is 5. The molecule has 7 heteroatoms. The van der Waals surface area contributed by atoms with Gasteiger partial charge in [0.1, 0.15) is 0 Å². The fraction of sp³-hybridized carbons (Fsp3) is 0.476. The van der Waals surface area contributed by atoms with E-state index in [0.717, 1.165) is 11.3 Å². The number of benzene rings is 1. The molecule has 1 aliphatic heterocycles. The summed E-state index contributed by atoms with van der Waals surface area (Å²) in [4.78, 5) is 26.6. The maximum absolute atomic E-state index is 12.6. The number of carbonyl (C=O) groups is 2. The monoisotopic (exact) mass is 403 g/mol. The van der Waals surface area contributed by atoms with Crippen LogP contribution in [0.5, 0.6) is 0 Å². The van der Waals surface area contributed by atoms with Crippen molar-refractivity contribution in [2.75, 3.05) is 19.0 Å². The lowest BCUT2D eigenvalue weighted by Crippen LogP contribution is -2.46. The van der Waals surface area contributed by atoms with Crippen molar-refractivity contribution in [2.45, 2.75) is 47.1 Å². The van der Waals surface area contributed by atoms with E-state index < -0.39 is 6.04 Å². The summed E-state index contributed by atoms with van der Waals surface area (Å²) in [5.74, 6) is -0.428. The molecule has 6 nitrogen and oxygen atoms in total. The van der Waals surface area contributed by atoms with Gasteiger partial charge in [-0.1, -0.05) is 32.9 Å². The Morgan fingerprint density at radius 1 is 1.32 bits per heavy atom. The number of hydrogen-bond acceptors (Lipinski definition) is 4. The van der Waals surface area contributed by atoms with E-state index in [1.807, 2.05) is 59.0 Å². The normalized spacial score (nSPS) is 17.3. The summed E-state index contributed by atoms with van der Waals surface area (Å²) < 4.78 is 5.26. The number of carbonyl (C=O) groups excluding carboxylic acids is 2. The largest absolute Gasteiger partial charge is 0.463 e. The predicted octanol–water partition coefficient (Wildman–Crippen LogP) is 3.76. The van der Waals surface area contributed by atoms with Crippen LogP contribution in [-0.2, 0) is 14.3 Å². The van der Waals surface area contributed by atoms with Gasteiger partial charge >= 0.3 is 5.97 Å². The summed E-state index contributed by atoms with van der Waals surface area (Å²) in [7, 11) is 1.81. The minimum atomic E-state index is -0.442. The summed E-state index contributed by atoms with van der Waals surface area (Å²) in [6.07, 6.45) is 0.418. The first-order valence-corrected chi connectivity index (χ1v) is 9.76. The smallest absolute Gasteiger partial charge is 0.338 e. The minimum Gasteiger partial charge on any atom is -0.463 e. The third kappa shape index (κ3) is 5.32. The van der Waals surface area contributed by atoms with Crippen molar-refractivity contribution in [1.82, 2.24) is 10.2 Å². The second-order valence-electron chi connectivity index (χ2n) is 8.07. The van der Waals surface area contributed by atoms with Gasteiger partial charge in [-0.05, 0) is 49.2 Å². The van der Waals surface area contributed by atoms with Crippen molar-refractivity contribution in [2.24, 2.45) is 5.41 Å². The summed E-state index contributed by atoms with van der Waals surface area (Å²) >= 11 is 5.41. The first-order chi connectivity index (χ1) is 13.0. The lowest BCUT2D eigenvalue weighted by Gasteiger charge is -2.35. The van der Waals surface area contributed by atoms with E-state index in [0.29, 0.717) is 29.4 Å². The standard InChI is InChI=1S/C21H29N3O3S/c1-7-27-19(26)17-13(2)24(6)20(28)23-18(17)14-9-8-10-15(11-14)22-16(25)12-21(3,4)5/h8-11,18H,7,12H2,1-6H3,(H,22,25)(H,23,28). The van der Waals surface area contributed by atoms with Crippen molar-refractivity contribution in [1.29, 1.82) is 0 Å². The minimum absolute atomic E-state index is 0.0474. The summed E-state index contributed by atoms with van der Waals surface area (Å²) in [5, 5.41) is 6.67. The molecular formula is C21H29N3O3S. The molecule has 0 bridgehead atoms. The molecule has 0 aromatic heterocycles. The lowest BCUT2D eigenvalue weighted by molar-refractivity contribution is -0.139. The Hall–Kier alpha value is -2.41. The highest BCUT2D eigenvalue weighted by atomic mass is 32.1. The van der Waals surface area contributed by atoms with Crippen LogP contribution in [0.2, 0.25) is 0 Å². The molecule has 2 rings (SSSR count). The molecule has 0 saturated carbocycles. The second-order valence-corrected chi connectivity index (χ2v) is 8.46. The zero-order chi connectivity index (χ0) is 21.1. The van der Waals surface area contributed by atoms with Crippen LogP contribution in [0.25, 0.3) is 0 Å². The molecule has 1 aromatic carbocycles. The van der Waals surface area contributed by atoms with Crippen LogP contribution in [0.1, 0.15) is 52.6 Å². The van der Waals surface area contributed by atoms with Crippen LogP contribution in [-0.4, -0.2) is 35.5 Å². The Morgan fingerprint density at radius 3 is 2.61 bits per heavy atom. The van der Waals surface area contributed by atoms with Crippen molar-refractivity contribution in [3.05, 3.63) is 41.1 Å². The number of allylic oxidation sites excluding steroid dienone is 1. The molecule has 1 atom stereocenters. The quantitative estimate of drug-likeness (QED) is 0.576. The van der Waals surface area contributed by atoms with E-state index in [9.17, 15) is 9.59 Å².